The highest BCUT2D eigenvalue weighted by Gasteiger charge is 2.16. The van der Waals surface area contributed by atoms with Crippen molar-refractivity contribution in [1.82, 2.24) is 9.78 Å². The molecule has 0 fully saturated rings. The molecule has 1 heterocycles. The van der Waals surface area contributed by atoms with Gasteiger partial charge < -0.3 is 5.73 Å². The lowest BCUT2D eigenvalue weighted by Crippen LogP contribution is -2.21. The molecule has 0 saturated carbocycles. The molecule has 3 nitrogen and oxygen atoms in total. The second-order valence-electron chi connectivity index (χ2n) is 3.41. The lowest BCUT2D eigenvalue weighted by Gasteiger charge is -2.16. The number of benzene rings is 1. The van der Waals surface area contributed by atoms with Crippen molar-refractivity contribution in [1.29, 1.82) is 0 Å². The van der Waals surface area contributed by atoms with Gasteiger partial charge in [0.05, 0.1) is 15.8 Å². The first-order chi connectivity index (χ1) is 7.72. The van der Waals surface area contributed by atoms with Gasteiger partial charge in [-0.2, -0.15) is 5.10 Å². The maximum atomic E-state index is 13.6. The molecule has 0 aliphatic rings. The van der Waals surface area contributed by atoms with Crippen LogP contribution in [0.2, 0.25) is 0 Å². The minimum atomic E-state index is -0.247. The maximum absolute atomic E-state index is 13.6. The van der Waals surface area contributed by atoms with Gasteiger partial charge in [-0.1, -0.05) is 18.2 Å². The van der Waals surface area contributed by atoms with Crippen LogP contribution >= 0.6 is 22.6 Å². The Balaban J connectivity index is 2.40. The number of nitrogens with two attached hydrogens (primary N) is 1. The van der Waals surface area contributed by atoms with Crippen molar-refractivity contribution >= 4 is 22.6 Å². The van der Waals surface area contributed by atoms with Gasteiger partial charge in [0.25, 0.3) is 0 Å². The van der Waals surface area contributed by atoms with Crippen molar-refractivity contribution in [2.24, 2.45) is 5.73 Å². The number of rotatable bonds is 3. The Labute approximate surface area is 107 Å². The number of halogens is 2. The van der Waals surface area contributed by atoms with Gasteiger partial charge in [0.2, 0.25) is 0 Å². The van der Waals surface area contributed by atoms with Crippen LogP contribution in [0.25, 0.3) is 0 Å². The molecule has 2 N–H and O–H groups in total. The van der Waals surface area contributed by atoms with E-state index in [0.717, 1.165) is 3.57 Å². The number of hydrogen-bond acceptors (Lipinski definition) is 2. The fourth-order valence-electron chi connectivity index (χ4n) is 1.61. The fraction of sp³-hybridized carbons (Fsp3) is 0.182. The Morgan fingerprint density at radius 3 is 2.75 bits per heavy atom. The van der Waals surface area contributed by atoms with Crippen LogP contribution in [0.3, 0.4) is 0 Å². The van der Waals surface area contributed by atoms with Crippen molar-refractivity contribution < 1.29 is 4.39 Å². The van der Waals surface area contributed by atoms with E-state index in [2.05, 4.69) is 27.7 Å². The van der Waals surface area contributed by atoms with Crippen molar-refractivity contribution in [3.63, 3.8) is 0 Å². The number of hydrogen-bond donors (Lipinski definition) is 1. The molecule has 5 heteroatoms. The molecular formula is C11H11FIN3. The molecule has 1 aromatic carbocycles. The molecule has 0 radical (unpaired) electrons. The van der Waals surface area contributed by atoms with Crippen molar-refractivity contribution in [2.45, 2.75) is 6.04 Å². The third-order valence-electron chi connectivity index (χ3n) is 2.38. The van der Waals surface area contributed by atoms with Crippen LogP contribution in [0, 0.1) is 9.39 Å². The SMILES string of the molecule is NCC(c1ccccc1F)n1cc(I)cn1. The largest absolute Gasteiger partial charge is 0.328 e. The van der Waals surface area contributed by atoms with E-state index < -0.39 is 0 Å². The standard InChI is InChI=1S/C11H11FIN3/c12-10-4-2-1-3-9(10)11(5-14)16-7-8(13)6-15-16/h1-4,6-7,11H,5,14H2. The minimum absolute atomic E-state index is 0.246. The highest BCUT2D eigenvalue weighted by atomic mass is 127. The van der Waals surface area contributed by atoms with Crippen LogP contribution in [0.15, 0.2) is 36.7 Å². The first-order valence-corrected chi connectivity index (χ1v) is 5.94. The van der Waals surface area contributed by atoms with Gasteiger partial charge in [-0.15, -0.1) is 0 Å². The lowest BCUT2D eigenvalue weighted by atomic mass is 10.1. The Morgan fingerprint density at radius 1 is 1.44 bits per heavy atom. The van der Waals surface area contributed by atoms with Gasteiger partial charge in [0, 0.05) is 18.3 Å². The van der Waals surface area contributed by atoms with Crippen LogP contribution in [0.5, 0.6) is 0 Å². The van der Waals surface area contributed by atoms with E-state index in [-0.39, 0.29) is 11.9 Å². The topological polar surface area (TPSA) is 43.8 Å². The zero-order chi connectivity index (χ0) is 11.5. The predicted molar refractivity (Wildman–Crippen MR) is 68.5 cm³/mol. The summed E-state index contributed by atoms with van der Waals surface area (Å²) in [6.45, 7) is 0.318. The van der Waals surface area contributed by atoms with Crippen LogP contribution < -0.4 is 5.73 Å². The first-order valence-electron chi connectivity index (χ1n) is 4.86. The third-order valence-corrected chi connectivity index (χ3v) is 2.93. The van der Waals surface area contributed by atoms with Crippen LogP contribution in [0.1, 0.15) is 11.6 Å². The Hall–Kier alpha value is -0.950. The van der Waals surface area contributed by atoms with Crippen LogP contribution in [0.4, 0.5) is 4.39 Å². The van der Waals surface area contributed by atoms with Crippen LogP contribution in [-0.2, 0) is 0 Å². The van der Waals surface area contributed by atoms with Gasteiger partial charge in [0.1, 0.15) is 5.82 Å². The molecule has 0 aliphatic heterocycles. The predicted octanol–water partition coefficient (Wildman–Crippen LogP) is 2.17. The quantitative estimate of drug-likeness (QED) is 0.876. The summed E-state index contributed by atoms with van der Waals surface area (Å²) in [4.78, 5) is 0. The summed E-state index contributed by atoms with van der Waals surface area (Å²) in [5.74, 6) is -0.247. The molecule has 2 aromatic rings. The summed E-state index contributed by atoms with van der Waals surface area (Å²) in [7, 11) is 0. The minimum Gasteiger partial charge on any atom is -0.328 e. The van der Waals surface area contributed by atoms with Gasteiger partial charge in [-0.3, -0.25) is 4.68 Å². The fourth-order valence-corrected chi connectivity index (χ4v) is 2.02. The van der Waals surface area contributed by atoms with Gasteiger partial charge in [-0.05, 0) is 28.7 Å². The molecule has 0 spiro atoms. The highest BCUT2D eigenvalue weighted by Crippen LogP contribution is 2.20. The molecule has 0 saturated heterocycles. The van der Waals surface area contributed by atoms with Gasteiger partial charge >= 0.3 is 0 Å². The number of nitrogens with zero attached hydrogens (tertiary/aromatic N) is 2. The lowest BCUT2D eigenvalue weighted by molar-refractivity contribution is 0.498. The first kappa shape index (κ1) is 11.5. The average Bonchev–Trinajstić information content (AvgIpc) is 2.69. The molecular weight excluding hydrogens is 320 g/mol. The zero-order valence-corrected chi connectivity index (χ0v) is 10.6. The van der Waals surface area contributed by atoms with E-state index in [9.17, 15) is 4.39 Å². The normalized spacial score (nSPS) is 12.7. The second-order valence-corrected chi connectivity index (χ2v) is 4.66. The summed E-state index contributed by atoms with van der Waals surface area (Å²) in [5, 5.41) is 4.17. The van der Waals surface area contributed by atoms with Crippen LogP contribution in [-0.4, -0.2) is 16.3 Å². The van der Waals surface area contributed by atoms with Crippen molar-refractivity contribution in [3.05, 3.63) is 51.6 Å². The molecule has 1 aromatic heterocycles. The molecule has 0 amide bonds. The monoisotopic (exact) mass is 331 g/mol. The van der Waals surface area contributed by atoms with E-state index in [0.29, 0.717) is 12.1 Å². The average molecular weight is 331 g/mol. The smallest absolute Gasteiger partial charge is 0.128 e. The zero-order valence-electron chi connectivity index (χ0n) is 8.48. The molecule has 0 bridgehead atoms. The van der Waals surface area contributed by atoms with E-state index in [1.165, 1.54) is 6.07 Å². The Kier molecular flexibility index (Phi) is 3.55. The molecule has 84 valence electrons. The van der Waals surface area contributed by atoms with Gasteiger partial charge in [0.15, 0.2) is 0 Å². The van der Waals surface area contributed by atoms with E-state index in [1.54, 1.807) is 29.1 Å². The number of aromatic nitrogens is 2. The molecule has 0 aliphatic carbocycles. The molecule has 1 unspecified atom stereocenters. The van der Waals surface area contributed by atoms with E-state index in [1.807, 2.05) is 6.20 Å². The summed E-state index contributed by atoms with van der Waals surface area (Å²) in [6.07, 6.45) is 3.58. The molecule has 2 rings (SSSR count). The molecule has 16 heavy (non-hydrogen) atoms. The maximum Gasteiger partial charge on any atom is 0.128 e. The summed E-state index contributed by atoms with van der Waals surface area (Å²) in [5.41, 5.74) is 6.26. The Bertz CT molecular complexity index is 484. The second kappa shape index (κ2) is 4.92. The third kappa shape index (κ3) is 2.25. The summed E-state index contributed by atoms with van der Waals surface area (Å²) < 4.78 is 16.3. The Morgan fingerprint density at radius 2 is 2.19 bits per heavy atom. The highest BCUT2D eigenvalue weighted by molar-refractivity contribution is 14.1. The van der Waals surface area contributed by atoms with E-state index >= 15 is 0 Å². The molecule has 1 atom stereocenters. The van der Waals surface area contributed by atoms with E-state index in [4.69, 9.17) is 5.73 Å². The summed E-state index contributed by atoms with van der Waals surface area (Å²) >= 11 is 2.16. The van der Waals surface area contributed by atoms with Crippen molar-refractivity contribution in [2.75, 3.05) is 6.54 Å². The summed E-state index contributed by atoms with van der Waals surface area (Å²) in [6, 6.07) is 6.40. The van der Waals surface area contributed by atoms with Crippen molar-refractivity contribution in [3.8, 4) is 0 Å². The van der Waals surface area contributed by atoms with Gasteiger partial charge in [-0.25, -0.2) is 4.39 Å².